The van der Waals surface area contributed by atoms with Crippen molar-refractivity contribution >= 4 is 45.1 Å². The highest BCUT2D eigenvalue weighted by Gasteiger charge is 2.09. The van der Waals surface area contributed by atoms with Crippen LogP contribution in [0.2, 0.25) is 5.02 Å². The highest BCUT2D eigenvalue weighted by molar-refractivity contribution is 14.1. The first-order valence-electron chi connectivity index (χ1n) is 4.49. The average Bonchev–Trinajstić information content (AvgIpc) is 2.21. The summed E-state index contributed by atoms with van der Waals surface area (Å²) in [6, 6.07) is 3.53. The van der Waals surface area contributed by atoms with Crippen molar-refractivity contribution in [2.45, 2.75) is 13.8 Å². The predicted octanol–water partition coefficient (Wildman–Crippen LogP) is 3.40. The molecule has 0 aliphatic rings. The molecule has 0 unspecified atom stereocenters. The first kappa shape index (κ1) is 11.0. The van der Waals surface area contributed by atoms with Gasteiger partial charge in [0.1, 0.15) is 0 Å². The maximum absolute atomic E-state index is 11.9. The first-order valence-corrected chi connectivity index (χ1v) is 5.95. The summed E-state index contributed by atoms with van der Waals surface area (Å²) >= 11 is 8.07. The Morgan fingerprint density at radius 3 is 2.67 bits per heavy atom. The van der Waals surface area contributed by atoms with Gasteiger partial charge < -0.3 is 4.98 Å². The van der Waals surface area contributed by atoms with Crippen molar-refractivity contribution < 1.29 is 0 Å². The van der Waals surface area contributed by atoms with Crippen LogP contribution in [0, 0.1) is 17.4 Å². The third-order valence-electron chi connectivity index (χ3n) is 2.48. The molecule has 0 radical (unpaired) electrons. The minimum absolute atomic E-state index is 0.0709. The standard InChI is InChI=1S/C11H9ClINO/c1-5-8(12)4-3-7-10(5)14-6(2)9(13)11(7)15/h3-4H,1-2H3,(H,14,15). The van der Waals surface area contributed by atoms with E-state index >= 15 is 0 Å². The van der Waals surface area contributed by atoms with Gasteiger partial charge in [-0.25, -0.2) is 0 Å². The van der Waals surface area contributed by atoms with Gasteiger partial charge in [-0.1, -0.05) is 11.6 Å². The van der Waals surface area contributed by atoms with Crippen LogP contribution >= 0.6 is 34.2 Å². The van der Waals surface area contributed by atoms with Gasteiger partial charge >= 0.3 is 0 Å². The van der Waals surface area contributed by atoms with E-state index in [0.29, 0.717) is 10.4 Å². The fourth-order valence-electron chi connectivity index (χ4n) is 1.57. The average molecular weight is 334 g/mol. The lowest BCUT2D eigenvalue weighted by Crippen LogP contribution is -2.10. The minimum Gasteiger partial charge on any atom is -0.357 e. The van der Waals surface area contributed by atoms with E-state index in [1.807, 2.05) is 13.8 Å². The van der Waals surface area contributed by atoms with Gasteiger partial charge in [-0.05, 0) is 54.1 Å². The Hall–Kier alpha value is -0.550. The molecule has 2 nitrogen and oxygen atoms in total. The smallest absolute Gasteiger partial charge is 0.202 e. The van der Waals surface area contributed by atoms with Crippen LogP contribution in [0.1, 0.15) is 11.3 Å². The van der Waals surface area contributed by atoms with E-state index in [-0.39, 0.29) is 5.43 Å². The number of aromatic amines is 1. The predicted molar refractivity (Wildman–Crippen MR) is 71.8 cm³/mol. The van der Waals surface area contributed by atoms with E-state index < -0.39 is 0 Å². The van der Waals surface area contributed by atoms with Gasteiger partial charge in [0.2, 0.25) is 5.43 Å². The summed E-state index contributed by atoms with van der Waals surface area (Å²) in [7, 11) is 0. The Labute approximate surface area is 106 Å². The van der Waals surface area contributed by atoms with Crippen molar-refractivity contribution in [3.63, 3.8) is 0 Å². The quantitative estimate of drug-likeness (QED) is 0.736. The zero-order valence-electron chi connectivity index (χ0n) is 8.32. The van der Waals surface area contributed by atoms with Gasteiger partial charge in [0.05, 0.1) is 9.09 Å². The highest BCUT2D eigenvalue weighted by atomic mass is 127. The summed E-state index contributed by atoms with van der Waals surface area (Å²) in [6.07, 6.45) is 0. The van der Waals surface area contributed by atoms with Crippen LogP contribution in [0.3, 0.4) is 0 Å². The summed E-state index contributed by atoms with van der Waals surface area (Å²) in [5.74, 6) is 0. The zero-order chi connectivity index (χ0) is 11.2. The van der Waals surface area contributed by atoms with E-state index in [0.717, 1.165) is 20.3 Å². The second-order valence-electron chi connectivity index (χ2n) is 3.49. The number of halogens is 2. The van der Waals surface area contributed by atoms with Crippen LogP contribution < -0.4 is 5.43 Å². The van der Waals surface area contributed by atoms with Crippen LogP contribution in [0.15, 0.2) is 16.9 Å². The number of nitrogens with one attached hydrogen (secondary N) is 1. The SMILES string of the molecule is Cc1[nH]c2c(C)c(Cl)ccc2c(=O)c1I. The van der Waals surface area contributed by atoms with E-state index in [2.05, 4.69) is 27.6 Å². The molecule has 1 aromatic carbocycles. The fraction of sp³-hybridized carbons (Fsp3) is 0.182. The highest BCUT2D eigenvalue weighted by Crippen LogP contribution is 2.23. The summed E-state index contributed by atoms with van der Waals surface area (Å²) in [4.78, 5) is 15.2. The molecular formula is C11H9ClINO. The lowest BCUT2D eigenvalue weighted by Gasteiger charge is -2.06. The normalized spacial score (nSPS) is 10.9. The van der Waals surface area contributed by atoms with Gasteiger partial charge in [-0.2, -0.15) is 0 Å². The third-order valence-corrected chi connectivity index (χ3v) is 4.19. The van der Waals surface area contributed by atoms with Gasteiger partial charge in [-0.15, -0.1) is 0 Å². The lowest BCUT2D eigenvalue weighted by molar-refractivity contribution is 1.20. The number of pyridine rings is 1. The number of aryl methyl sites for hydroxylation is 2. The molecule has 0 aliphatic heterocycles. The molecule has 1 N–H and O–H groups in total. The van der Waals surface area contributed by atoms with Crippen molar-refractivity contribution in [2.24, 2.45) is 0 Å². The molecule has 0 fully saturated rings. The molecule has 2 aromatic rings. The maximum atomic E-state index is 11.9. The summed E-state index contributed by atoms with van der Waals surface area (Å²) < 4.78 is 0.738. The topological polar surface area (TPSA) is 32.9 Å². The van der Waals surface area contributed by atoms with E-state index in [1.54, 1.807) is 12.1 Å². The molecule has 78 valence electrons. The first-order chi connectivity index (χ1) is 7.02. The van der Waals surface area contributed by atoms with Crippen LogP contribution in [0.5, 0.6) is 0 Å². The molecule has 0 saturated heterocycles. The molecule has 0 aliphatic carbocycles. The Kier molecular flexibility index (Phi) is 2.77. The second-order valence-corrected chi connectivity index (χ2v) is 4.97. The monoisotopic (exact) mass is 333 g/mol. The number of hydrogen-bond donors (Lipinski definition) is 1. The van der Waals surface area contributed by atoms with Gasteiger partial charge in [0, 0.05) is 16.1 Å². The maximum Gasteiger partial charge on any atom is 0.202 e. The molecule has 0 amide bonds. The van der Waals surface area contributed by atoms with Gasteiger partial charge in [0.25, 0.3) is 0 Å². The number of rotatable bonds is 0. The molecule has 0 saturated carbocycles. The largest absolute Gasteiger partial charge is 0.357 e. The fourth-order valence-corrected chi connectivity index (χ4v) is 2.15. The lowest BCUT2D eigenvalue weighted by atomic mass is 10.1. The number of hydrogen-bond acceptors (Lipinski definition) is 1. The van der Waals surface area contributed by atoms with Gasteiger partial charge in [0.15, 0.2) is 0 Å². The van der Waals surface area contributed by atoms with E-state index in [4.69, 9.17) is 11.6 Å². The number of benzene rings is 1. The number of aromatic nitrogens is 1. The molecule has 1 aromatic heterocycles. The molecule has 0 bridgehead atoms. The van der Waals surface area contributed by atoms with E-state index in [9.17, 15) is 4.79 Å². The van der Waals surface area contributed by atoms with Crippen LogP contribution in [-0.2, 0) is 0 Å². The van der Waals surface area contributed by atoms with Crippen molar-refractivity contribution in [3.05, 3.63) is 42.2 Å². The minimum atomic E-state index is 0.0709. The third kappa shape index (κ3) is 1.67. The van der Waals surface area contributed by atoms with Crippen molar-refractivity contribution in [1.82, 2.24) is 4.98 Å². The molecule has 15 heavy (non-hydrogen) atoms. The summed E-state index contributed by atoms with van der Waals surface area (Å²) in [6.45, 7) is 3.80. The summed E-state index contributed by atoms with van der Waals surface area (Å²) in [5.41, 5.74) is 2.72. The van der Waals surface area contributed by atoms with Gasteiger partial charge in [-0.3, -0.25) is 4.79 Å². The van der Waals surface area contributed by atoms with Crippen LogP contribution in [0.25, 0.3) is 10.9 Å². The Morgan fingerprint density at radius 2 is 2.00 bits per heavy atom. The molecule has 0 atom stereocenters. The van der Waals surface area contributed by atoms with Crippen LogP contribution in [0.4, 0.5) is 0 Å². The molecule has 1 heterocycles. The zero-order valence-corrected chi connectivity index (χ0v) is 11.2. The molecule has 2 rings (SSSR count). The number of fused-ring (bicyclic) bond motifs is 1. The molecule has 0 spiro atoms. The Bertz CT molecular complexity index is 604. The summed E-state index contributed by atoms with van der Waals surface area (Å²) in [5, 5.41) is 1.38. The van der Waals surface area contributed by atoms with Crippen molar-refractivity contribution in [2.75, 3.05) is 0 Å². The number of H-pyrrole nitrogens is 1. The van der Waals surface area contributed by atoms with Crippen LogP contribution in [-0.4, -0.2) is 4.98 Å². The van der Waals surface area contributed by atoms with Crippen molar-refractivity contribution in [1.29, 1.82) is 0 Å². The van der Waals surface area contributed by atoms with Crippen molar-refractivity contribution in [3.8, 4) is 0 Å². The Morgan fingerprint density at radius 1 is 1.33 bits per heavy atom. The molecule has 4 heteroatoms. The Balaban J connectivity index is 3.06. The second kappa shape index (κ2) is 3.79. The van der Waals surface area contributed by atoms with E-state index in [1.165, 1.54) is 0 Å². The molecular weight excluding hydrogens is 324 g/mol.